The Hall–Kier alpha value is -1.36. The third-order valence-corrected chi connectivity index (χ3v) is 3.14. The molecule has 0 amide bonds. The van der Waals surface area contributed by atoms with Crippen LogP contribution < -0.4 is 5.73 Å². The van der Waals surface area contributed by atoms with E-state index in [9.17, 15) is 0 Å². The highest BCUT2D eigenvalue weighted by Gasteiger charge is 2.15. The Morgan fingerprint density at radius 3 is 2.93 bits per heavy atom. The van der Waals surface area contributed by atoms with Gasteiger partial charge >= 0.3 is 0 Å². The Labute approximate surface area is 92.8 Å². The molecule has 2 aromatic heterocycles. The van der Waals surface area contributed by atoms with Crippen molar-refractivity contribution < 1.29 is 0 Å². The van der Waals surface area contributed by atoms with Crippen molar-refractivity contribution in [3.05, 3.63) is 17.3 Å². The number of nitrogens with two attached hydrogens (primary N) is 1. The van der Waals surface area contributed by atoms with Crippen molar-refractivity contribution in [1.82, 2.24) is 14.8 Å². The molecule has 0 radical (unpaired) electrons. The lowest BCUT2D eigenvalue weighted by atomic mass is 10.1. The fourth-order valence-corrected chi connectivity index (χ4v) is 2.24. The van der Waals surface area contributed by atoms with Crippen LogP contribution in [0.25, 0.3) is 10.6 Å². The second-order valence-corrected chi connectivity index (χ2v) is 4.34. The van der Waals surface area contributed by atoms with Gasteiger partial charge in [0.2, 0.25) is 0 Å². The van der Waals surface area contributed by atoms with Crippen LogP contribution in [-0.2, 0) is 13.5 Å². The molecular weight excluding hydrogens is 208 g/mol. The van der Waals surface area contributed by atoms with E-state index >= 15 is 0 Å². The molecule has 80 valence electrons. The van der Waals surface area contributed by atoms with Crippen molar-refractivity contribution in [2.24, 2.45) is 7.05 Å². The highest BCUT2D eigenvalue weighted by molar-refractivity contribution is 7.13. The fraction of sp³-hybridized carbons (Fsp3) is 0.400. The molecule has 0 fully saturated rings. The van der Waals surface area contributed by atoms with Crippen molar-refractivity contribution in [2.75, 3.05) is 5.73 Å². The zero-order chi connectivity index (χ0) is 10.8. The number of thiazole rings is 1. The molecule has 2 aromatic rings. The summed E-state index contributed by atoms with van der Waals surface area (Å²) in [6, 6.07) is 0. The minimum absolute atomic E-state index is 0.764. The molecule has 0 bridgehead atoms. The summed E-state index contributed by atoms with van der Waals surface area (Å²) in [5.41, 5.74) is 9.92. The quantitative estimate of drug-likeness (QED) is 0.865. The number of hydrogen-bond donors (Lipinski definition) is 1. The van der Waals surface area contributed by atoms with Crippen molar-refractivity contribution in [3.8, 4) is 10.6 Å². The van der Waals surface area contributed by atoms with Crippen LogP contribution in [0, 0.1) is 0 Å². The Kier molecular flexibility index (Phi) is 2.73. The normalized spacial score (nSPS) is 10.8. The molecule has 0 aliphatic rings. The van der Waals surface area contributed by atoms with Crippen LogP contribution in [0.2, 0.25) is 0 Å². The molecule has 15 heavy (non-hydrogen) atoms. The van der Waals surface area contributed by atoms with Gasteiger partial charge in [-0.1, -0.05) is 13.3 Å². The lowest BCUT2D eigenvalue weighted by Gasteiger charge is -1.99. The highest BCUT2D eigenvalue weighted by Crippen LogP contribution is 2.29. The smallest absolute Gasteiger partial charge is 0.125 e. The van der Waals surface area contributed by atoms with Crippen LogP contribution in [0.3, 0.4) is 0 Å². The van der Waals surface area contributed by atoms with Gasteiger partial charge < -0.3 is 5.73 Å². The molecule has 0 atom stereocenters. The van der Waals surface area contributed by atoms with Gasteiger partial charge in [-0.15, -0.1) is 11.3 Å². The first kappa shape index (κ1) is 10.2. The minimum atomic E-state index is 0.764. The molecule has 5 heteroatoms. The lowest BCUT2D eigenvalue weighted by Crippen LogP contribution is -1.99. The summed E-state index contributed by atoms with van der Waals surface area (Å²) in [6.45, 7) is 2.14. The maximum atomic E-state index is 5.98. The van der Waals surface area contributed by atoms with E-state index in [1.54, 1.807) is 16.0 Å². The largest absolute Gasteiger partial charge is 0.384 e. The number of nitrogen functional groups attached to an aromatic ring is 1. The topological polar surface area (TPSA) is 56.7 Å². The standard InChI is InChI=1S/C10H14N4S/c1-3-4-7-9(8-5-12-6-15-8)13-14(2)10(7)11/h5-6H,3-4,11H2,1-2H3. The molecule has 0 aliphatic heterocycles. The van der Waals surface area contributed by atoms with Crippen LogP contribution in [0.5, 0.6) is 0 Å². The Morgan fingerprint density at radius 2 is 2.33 bits per heavy atom. The molecule has 0 spiro atoms. The van der Waals surface area contributed by atoms with Gasteiger partial charge in [0.15, 0.2) is 0 Å². The molecule has 0 unspecified atom stereocenters. The number of rotatable bonds is 3. The number of anilines is 1. The van der Waals surface area contributed by atoms with Gasteiger partial charge in [0.1, 0.15) is 11.5 Å². The van der Waals surface area contributed by atoms with Gasteiger partial charge in [0.05, 0.1) is 10.4 Å². The zero-order valence-corrected chi connectivity index (χ0v) is 9.71. The summed E-state index contributed by atoms with van der Waals surface area (Å²) in [6.07, 6.45) is 3.88. The molecule has 2 N–H and O–H groups in total. The van der Waals surface area contributed by atoms with Crippen LogP contribution >= 0.6 is 11.3 Å². The number of aryl methyl sites for hydroxylation is 1. The fourth-order valence-electron chi connectivity index (χ4n) is 1.61. The predicted octanol–water partition coefficient (Wildman–Crippen LogP) is 2.08. The SMILES string of the molecule is CCCc1c(-c2cncs2)nn(C)c1N. The van der Waals surface area contributed by atoms with Crippen molar-refractivity contribution in [3.63, 3.8) is 0 Å². The van der Waals surface area contributed by atoms with Gasteiger partial charge in [0, 0.05) is 18.8 Å². The summed E-state index contributed by atoms with van der Waals surface area (Å²) < 4.78 is 1.74. The van der Waals surface area contributed by atoms with Gasteiger partial charge in [-0.25, -0.2) is 0 Å². The second kappa shape index (κ2) is 4.02. The maximum absolute atomic E-state index is 5.98. The van der Waals surface area contributed by atoms with E-state index in [-0.39, 0.29) is 0 Å². The molecular formula is C10H14N4S. The van der Waals surface area contributed by atoms with E-state index in [4.69, 9.17) is 5.73 Å². The average molecular weight is 222 g/mol. The van der Waals surface area contributed by atoms with E-state index in [0.29, 0.717) is 0 Å². The van der Waals surface area contributed by atoms with E-state index in [0.717, 1.165) is 34.8 Å². The van der Waals surface area contributed by atoms with Gasteiger partial charge in [-0.2, -0.15) is 5.10 Å². The van der Waals surface area contributed by atoms with Crippen LogP contribution in [0.15, 0.2) is 11.7 Å². The van der Waals surface area contributed by atoms with Crippen molar-refractivity contribution in [1.29, 1.82) is 0 Å². The molecule has 4 nitrogen and oxygen atoms in total. The summed E-state index contributed by atoms with van der Waals surface area (Å²) in [5, 5.41) is 4.43. The third kappa shape index (κ3) is 1.74. The first-order chi connectivity index (χ1) is 7.24. The molecule has 0 aliphatic carbocycles. The number of aromatic nitrogens is 3. The van der Waals surface area contributed by atoms with Crippen LogP contribution in [0.1, 0.15) is 18.9 Å². The van der Waals surface area contributed by atoms with E-state index in [1.165, 1.54) is 0 Å². The summed E-state index contributed by atoms with van der Waals surface area (Å²) in [7, 11) is 1.87. The molecule has 2 heterocycles. The van der Waals surface area contributed by atoms with Crippen molar-refractivity contribution in [2.45, 2.75) is 19.8 Å². The molecule has 2 rings (SSSR count). The second-order valence-electron chi connectivity index (χ2n) is 3.45. The first-order valence-corrected chi connectivity index (χ1v) is 5.82. The predicted molar refractivity (Wildman–Crippen MR) is 62.7 cm³/mol. The Balaban J connectivity index is 2.51. The van der Waals surface area contributed by atoms with Gasteiger partial charge in [-0.3, -0.25) is 9.67 Å². The molecule has 0 saturated carbocycles. The van der Waals surface area contributed by atoms with Crippen LogP contribution in [0.4, 0.5) is 5.82 Å². The van der Waals surface area contributed by atoms with E-state index in [1.807, 2.05) is 18.8 Å². The van der Waals surface area contributed by atoms with E-state index < -0.39 is 0 Å². The summed E-state index contributed by atoms with van der Waals surface area (Å²) in [4.78, 5) is 5.16. The molecule has 0 aromatic carbocycles. The zero-order valence-electron chi connectivity index (χ0n) is 8.90. The summed E-state index contributed by atoms with van der Waals surface area (Å²) >= 11 is 1.60. The number of hydrogen-bond acceptors (Lipinski definition) is 4. The van der Waals surface area contributed by atoms with Crippen LogP contribution in [-0.4, -0.2) is 14.8 Å². The highest BCUT2D eigenvalue weighted by atomic mass is 32.1. The summed E-state index contributed by atoms with van der Waals surface area (Å²) in [5.74, 6) is 0.764. The number of nitrogens with zero attached hydrogens (tertiary/aromatic N) is 3. The van der Waals surface area contributed by atoms with Gasteiger partial charge in [-0.05, 0) is 6.42 Å². The van der Waals surface area contributed by atoms with Crippen molar-refractivity contribution >= 4 is 17.2 Å². The monoisotopic (exact) mass is 222 g/mol. The molecule has 0 saturated heterocycles. The lowest BCUT2D eigenvalue weighted by molar-refractivity contribution is 0.781. The minimum Gasteiger partial charge on any atom is -0.384 e. The third-order valence-electron chi connectivity index (χ3n) is 2.36. The van der Waals surface area contributed by atoms with Gasteiger partial charge in [0.25, 0.3) is 0 Å². The first-order valence-electron chi connectivity index (χ1n) is 4.94. The Bertz CT molecular complexity index is 444. The van der Waals surface area contributed by atoms with E-state index in [2.05, 4.69) is 17.0 Å². The average Bonchev–Trinajstić information content (AvgIpc) is 2.81. The Morgan fingerprint density at radius 1 is 1.53 bits per heavy atom. The maximum Gasteiger partial charge on any atom is 0.125 e.